The number of amides is 2. The number of aryl methyl sites for hydroxylation is 2. The fourth-order valence-corrected chi connectivity index (χ4v) is 4.43. The van der Waals surface area contributed by atoms with Crippen molar-refractivity contribution in [3.05, 3.63) is 101 Å². The van der Waals surface area contributed by atoms with Gasteiger partial charge in [-0.05, 0) is 73.4 Å². The largest absolute Gasteiger partial charge is 0.508 e. The lowest BCUT2D eigenvalue weighted by atomic mass is 9.96. The quantitative estimate of drug-likeness (QED) is 0.308. The van der Waals surface area contributed by atoms with Gasteiger partial charge in [0, 0.05) is 30.2 Å². The first kappa shape index (κ1) is 24.0. The summed E-state index contributed by atoms with van der Waals surface area (Å²) < 4.78 is 1.69. The molecule has 1 aliphatic rings. The molecule has 0 fully saturated rings. The van der Waals surface area contributed by atoms with Gasteiger partial charge in [0.15, 0.2) is 0 Å². The number of nitrogens with zero attached hydrogens (tertiary/aromatic N) is 3. The van der Waals surface area contributed by atoms with Crippen molar-refractivity contribution in [3.8, 4) is 5.75 Å². The molecule has 1 atom stereocenters. The van der Waals surface area contributed by atoms with Gasteiger partial charge in [-0.15, -0.1) is 0 Å². The smallest absolute Gasteiger partial charge is 0.273 e. The first-order valence-corrected chi connectivity index (χ1v) is 12.1. The van der Waals surface area contributed by atoms with Crippen molar-refractivity contribution in [2.75, 3.05) is 10.6 Å². The molecular formula is C29H27N5O3. The highest BCUT2D eigenvalue weighted by molar-refractivity contribution is 6.12. The molecule has 5 rings (SSSR count). The first-order valence-electron chi connectivity index (χ1n) is 12.1. The van der Waals surface area contributed by atoms with E-state index in [-0.39, 0.29) is 17.6 Å². The van der Waals surface area contributed by atoms with Gasteiger partial charge in [-0.1, -0.05) is 30.3 Å². The van der Waals surface area contributed by atoms with Crippen LogP contribution in [0.15, 0.2) is 77.8 Å². The molecule has 4 aromatic rings. The molecule has 1 aliphatic heterocycles. The number of benzene rings is 3. The third-order valence-corrected chi connectivity index (χ3v) is 6.25. The van der Waals surface area contributed by atoms with Gasteiger partial charge in [-0.25, -0.2) is 0 Å². The topological polar surface area (TPSA) is 109 Å². The normalized spacial score (nSPS) is 14.5. The molecule has 1 aromatic heterocycles. The molecule has 2 amide bonds. The number of carbonyl (C=O) groups excluding carboxylic acids is 2. The lowest BCUT2D eigenvalue weighted by Crippen LogP contribution is -2.17. The van der Waals surface area contributed by atoms with Crippen molar-refractivity contribution in [2.24, 2.45) is 4.99 Å². The van der Waals surface area contributed by atoms with E-state index in [2.05, 4.69) is 20.7 Å². The molecule has 186 valence electrons. The molecule has 8 heteroatoms. The van der Waals surface area contributed by atoms with Crippen molar-refractivity contribution in [2.45, 2.75) is 32.7 Å². The summed E-state index contributed by atoms with van der Waals surface area (Å²) >= 11 is 0. The van der Waals surface area contributed by atoms with E-state index in [0.29, 0.717) is 30.0 Å². The molecule has 0 radical (unpaired) electrons. The minimum atomic E-state index is -0.505. The van der Waals surface area contributed by atoms with E-state index < -0.39 is 5.92 Å². The van der Waals surface area contributed by atoms with Gasteiger partial charge in [0.2, 0.25) is 5.91 Å². The van der Waals surface area contributed by atoms with Crippen LogP contribution in [0.25, 0.3) is 0 Å². The second kappa shape index (κ2) is 10.1. The molecular weight excluding hydrogens is 466 g/mol. The van der Waals surface area contributed by atoms with Crippen molar-refractivity contribution in [1.29, 1.82) is 0 Å². The van der Waals surface area contributed by atoms with Crippen LogP contribution in [0.4, 0.5) is 17.1 Å². The first-order chi connectivity index (χ1) is 17.9. The van der Waals surface area contributed by atoms with Gasteiger partial charge < -0.3 is 15.7 Å². The number of fused-ring (bicyclic) bond motifs is 1. The maximum absolute atomic E-state index is 12.7. The van der Waals surface area contributed by atoms with Crippen molar-refractivity contribution in [3.63, 3.8) is 0 Å². The molecule has 0 bridgehead atoms. The van der Waals surface area contributed by atoms with Crippen LogP contribution in [0.5, 0.6) is 5.75 Å². The van der Waals surface area contributed by atoms with Crippen LogP contribution in [0.2, 0.25) is 0 Å². The molecule has 3 aromatic carbocycles. The molecule has 0 saturated carbocycles. The van der Waals surface area contributed by atoms with Gasteiger partial charge in [0.05, 0.1) is 11.4 Å². The third-order valence-electron chi connectivity index (χ3n) is 6.25. The highest BCUT2D eigenvalue weighted by Gasteiger charge is 2.29. The molecule has 0 aliphatic carbocycles. The summed E-state index contributed by atoms with van der Waals surface area (Å²) in [6.45, 7) is 4.44. The Morgan fingerprint density at radius 2 is 1.89 bits per heavy atom. The van der Waals surface area contributed by atoms with Crippen LogP contribution >= 0.6 is 0 Å². The predicted octanol–water partition coefficient (Wildman–Crippen LogP) is 5.20. The summed E-state index contributed by atoms with van der Waals surface area (Å²) in [5.41, 5.74) is 6.42. The summed E-state index contributed by atoms with van der Waals surface area (Å²) in [4.78, 5) is 29.6. The Balaban J connectivity index is 1.28. The number of anilines is 2. The summed E-state index contributed by atoms with van der Waals surface area (Å²) in [5, 5.41) is 19.8. The Morgan fingerprint density at radius 1 is 1.11 bits per heavy atom. The lowest BCUT2D eigenvalue weighted by molar-refractivity contribution is -0.115. The molecule has 1 unspecified atom stereocenters. The zero-order valence-electron chi connectivity index (χ0n) is 20.6. The van der Waals surface area contributed by atoms with Gasteiger partial charge in [-0.3, -0.25) is 19.3 Å². The van der Waals surface area contributed by atoms with Gasteiger partial charge in [-0.2, -0.15) is 5.10 Å². The minimum Gasteiger partial charge on any atom is -0.508 e. The zero-order valence-corrected chi connectivity index (χ0v) is 20.6. The number of nitrogens with one attached hydrogen (secondary N) is 2. The average molecular weight is 494 g/mol. The molecule has 2 heterocycles. The lowest BCUT2D eigenvalue weighted by Gasteiger charge is -2.09. The number of phenols is 1. The SMILES string of the molecule is CCn1nc(C)cc1C(=O)Nc1ccc(Cc2ccc3c(c2)C(C=Nc2cccc(O)c2)C(=O)N3)cc1. The summed E-state index contributed by atoms with van der Waals surface area (Å²) in [6.07, 6.45) is 2.29. The molecule has 3 N–H and O–H groups in total. The Morgan fingerprint density at radius 3 is 2.65 bits per heavy atom. The summed E-state index contributed by atoms with van der Waals surface area (Å²) in [6, 6.07) is 22.1. The second-order valence-electron chi connectivity index (χ2n) is 9.00. The number of phenolic OH excluding ortho intramolecular Hbond substituents is 1. The van der Waals surface area contributed by atoms with E-state index in [1.807, 2.05) is 56.3 Å². The fraction of sp³-hybridized carbons (Fsp3) is 0.172. The summed E-state index contributed by atoms with van der Waals surface area (Å²) in [7, 11) is 0. The highest BCUT2D eigenvalue weighted by atomic mass is 16.3. The van der Waals surface area contributed by atoms with E-state index in [0.717, 1.165) is 28.1 Å². The Hall–Kier alpha value is -4.72. The number of aromatic nitrogens is 2. The Bertz CT molecular complexity index is 1500. The maximum atomic E-state index is 12.7. The standard InChI is InChI=1S/C29H27N5O3/c1-3-34-27(13-18(2)33-34)29(37)31-21-10-7-19(8-11-21)14-20-9-12-26-24(15-20)25(28(36)32-26)17-30-22-5-4-6-23(35)16-22/h4-13,15-17,25,35H,3,14H2,1-2H3,(H,31,37)(H,32,36). The van der Waals surface area contributed by atoms with E-state index in [4.69, 9.17) is 0 Å². The second-order valence-corrected chi connectivity index (χ2v) is 9.00. The predicted molar refractivity (Wildman–Crippen MR) is 144 cm³/mol. The van der Waals surface area contributed by atoms with Crippen LogP contribution in [0.1, 0.15) is 45.7 Å². The number of aromatic hydroxyl groups is 1. The number of hydrogen-bond acceptors (Lipinski definition) is 5. The number of carbonyl (C=O) groups is 2. The van der Waals surface area contributed by atoms with Crippen LogP contribution in [-0.2, 0) is 17.8 Å². The monoisotopic (exact) mass is 493 g/mol. The average Bonchev–Trinajstić information content (AvgIpc) is 3.42. The molecule has 0 spiro atoms. The number of hydrogen-bond donors (Lipinski definition) is 3. The molecule has 8 nitrogen and oxygen atoms in total. The number of aliphatic imine (C=N–C) groups is 1. The minimum absolute atomic E-state index is 0.126. The van der Waals surface area contributed by atoms with Gasteiger partial charge in [0.25, 0.3) is 5.91 Å². The summed E-state index contributed by atoms with van der Waals surface area (Å²) in [5.74, 6) is -0.697. The fourth-order valence-electron chi connectivity index (χ4n) is 4.43. The molecule has 0 saturated heterocycles. The Labute approximate surface area is 214 Å². The van der Waals surface area contributed by atoms with Crippen molar-refractivity contribution in [1.82, 2.24) is 9.78 Å². The van der Waals surface area contributed by atoms with Gasteiger partial charge >= 0.3 is 0 Å². The van der Waals surface area contributed by atoms with Crippen LogP contribution in [0.3, 0.4) is 0 Å². The highest BCUT2D eigenvalue weighted by Crippen LogP contribution is 2.33. The van der Waals surface area contributed by atoms with E-state index in [1.54, 1.807) is 41.2 Å². The Kier molecular flexibility index (Phi) is 6.55. The van der Waals surface area contributed by atoms with E-state index in [1.165, 1.54) is 0 Å². The van der Waals surface area contributed by atoms with Gasteiger partial charge in [0.1, 0.15) is 17.4 Å². The zero-order chi connectivity index (χ0) is 25.9. The third kappa shape index (κ3) is 5.28. The van der Waals surface area contributed by atoms with E-state index >= 15 is 0 Å². The van der Waals surface area contributed by atoms with Crippen molar-refractivity contribution >= 4 is 35.1 Å². The molecule has 37 heavy (non-hydrogen) atoms. The maximum Gasteiger partial charge on any atom is 0.273 e. The number of rotatable bonds is 7. The van der Waals surface area contributed by atoms with Crippen LogP contribution < -0.4 is 10.6 Å². The van der Waals surface area contributed by atoms with Crippen LogP contribution in [0, 0.1) is 6.92 Å². The van der Waals surface area contributed by atoms with E-state index in [9.17, 15) is 14.7 Å². The van der Waals surface area contributed by atoms with Crippen molar-refractivity contribution < 1.29 is 14.7 Å². The van der Waals surface area contributed by atoms with Crippen LogP contribution in [-0.4, -0.2) is 32.9 Å².